The second-order valence-corrected chi connectivity index (χ2v) is 5.58. The first kappa shape index (κ1) is 17.9. The van der Waals surface area contributed by atoms with E-state index in [9.17, 15) is 0 Å². The lowest BCUT2D eigenvalue weighted by atomic mass is 9.87. The molecular weight excluding hydrogens is 220 g/mol. The third kappa shape index (κ3) is 5.71. The van der Waals surface area contributed by atoms with E-state index in [1.54, 1.807) is 0 Å². The van der Waals surface area contributed by atoms with Gasteiger partial charge >= 0.3 is 0 Å². The Morgan fingerprint density at radius 3 is 1.67 bits per heavy atom. The minimum absolute atomic E-state index is 0.264. The third-order valence-electron chi connectivity index (χ3n) is 4.27. The zero-order valence-corrected chi connectivity index (χ0v) is 13.3. The molecular formula is C16H36N2. The van der Waals surface area contributed by atoms with Crippen LogP contribution in [0.1, 0.15) is 79.1 Å². The monoisotopic (exact) mass is 256 g/mol. The molecule has 2 heteroatoms. The first-order valence-electron chi connectivity index (χ1n) is 8.15. The van der Waals surface area contributed by atoms with Gasteiger partial charge in [-0.25, -0.2) is 0 Å². The summed E-state index contributed by atoms with van der Waals surface area (Å²) in [5.74, 6) is 0. The number of unbranched alkanes of at least 4 members (excludes halogenated alkanes) is 3. The van der Waals surface area contributed by atoms with Crippen LogP contribution in [0.25, 0.3) is 0 Å². The second kappa shape index (κ2) is 10.8. The molecule has 0 bridgehead atoms. The van der Waals surface area contributed by atoms with E-state index in [4.69, 9.17) is 5.73 Å². The molecule has 0 radical (unpaired) electrons. The van der Waals surface area contributed by atoms with Crippen LogP contribution in [0.3, 0.4) is 0 Å². The van der Waals surface area contributed by atoms with E-state index in [-0.39, 0.29) is 5.54 Å². The van der Waals surface area contributed by atoms with Crippen molar-refractivity contribution in [1.82, 2.24) is 4.90 Å². The molecule has 0 heterocycles. The van der Waals surface area contributed by atoms with Crippen LogP contribution < -0.4 is 5.73 Å². The lowest BCUT2D eigenvalue weighted by molar-refractivity contribution is 0.0747. The highest BCUT2D eigenvalue weighted by Gasteiger charge is 2.32. The third-order valence-corrected chi connectivity index (χ3v) is 4.27. The summed E-state index contributed by atoms with van der Waals surface area (Å²) in [5, 5.41) is 0. The average Bonchev–Trinajstić information content (AvgIpc) is 2.42. The van der Waals surface area contributed by atoms with Gasteiger partial charge < -0.3 is 5.73 Å². The molecule has 0 fully saturated rings. The van der Waals surface area contributed by atoms with Crippen LogP contribution in [0.5, 0.6) is 0 Å². The number of hydrogen-bond donors (Lipinski definition) is 1. The molecule has 0 amide bonds. The first-order chi connectivity index (χ1) is 8.70. The average molecular weight is 256 g/mol. The number of rotatable bonds is 12. The van der Waals surface area contributed by atoms with Gasteiger partial charge in [-0.3, -0.25) is 4.90 Å². The topological polar surface area (TPSA) is 29.3 Å². The highest BCUT2D eigenvalue weighted by Crippen LogP contribution is 2.26. The second-order valence-electron chi connectivity index (χ2n) is 5.58. The van der Waals surface area contributed by atoms with Crippen LogP contribution in [0.4, 0.5) is 0 Å². The van der Waals surface area contributed by atoms with Crippen molar-refractivity contribution in [2.45, 2.75) is 84.6 Å². The van der Waals surface area contributed by atoms with Crippen molar-refractivity contribution in [2.75, 3.05) is 19.6 Å². The molecule has 1 unspecified atom stereocenters. The van der Waals surface area contributed by atoms with E-state index in [0.29, 0.717) is 0 Å². The van der Waals surface area contributed by atoms with Crippen molar-refractivity contribution in [3.05, 3.63) is 0 Å². The Hall–Kier alpha value is -0.0800. The lowest BCUT2D eigenvalue weighted by Gasteiger charge is -2.43. The molecule has 2 N–H and O–H groups in total. The molecule has 0 saturated carbocycles. The van der Waals surface area contributed by atoms with Gasteiger partial charge in [-0.15, -0.1) is 0 Å². The van der Waals surface area contributed by atoms with Crippen LogP contribution in [0, 0.1) is 0 Å². The normalized spacial score (nSPS) is 15.0. The van der Waals surface area contributed by atoms with Gasteiger partial charge in [0.2, 0.25) is 0 Å². The Kier molecular flexibility index (Phi) is 10.8. The van der Waals surface area contributed by atoms with Gasteiger partial charge in [0.05, 0.1) is 0 Å². The Balaban J connectivity index is 4.68. The fraction of sp³-hybridized carbons (Fsp3) is 1.00. The fourth-order valence-corrected chi connectivity index (χ4v) is 2.72. The maximum absolute atomic E-state index is 6.16. The van der Waals surface area contributed by atoms with Gasteiger partial charge in [0.25, 0.3) is 0 Å². The molecule has 0 rings (SSSR count). The van der Waals surface area contributed by atoms with Crippen LogP contribution in [-0.4, -0.2) is 30.1 Å². The highest BCUT2D eigenvalue weighted by atomic mass is 15.2. The zero-order chi connectivity index (χ0) is 13.9. The summed E-state index contributed by atoms with van der Waals surface area (Å²) in [5.41, 5.74) is 6.43. The molecule has 0 aromatic carbocycles. The van der Waals surface area contributed by atoms with Crippen molar-refractivity contribution >= 4 is 0 Å². The van der Waals surface area contributed by atoms with Gasteiger partial charge in [0.15, 0.2) is 0 Å². The fourth-order valence-electron chi connectivity index (χ4n) is 2.72. The largest absolute Gasteiger partial charge is 0.329 e. The van der Waals surface area contributed by atoms with E-state index >= 15 is 0 Å². The van der Waals surface area contributed by atoms with Gasteiger partial charge in [-0.05, 0) is 38.8 Å². The van der Waals surface area contributed by atoms with Gasteiger partial charge in [0.1, 0.15) is 0 Å². The summed E-state index contributed by atoms with van der Waals surface area (Å²) in [7, 11) is 0. The van der Waals surface area contributed by atoms with Crippen LogP contribution in [0.15, 0.2) is 0 Å². The van der Waals surface area contributed by atoms with E-state index in [0.717, 1.165) is 6.54 Å². The predicted molar refractivity (Wildman–Crippen MR) is 83.0 cm³/mol. The molecule has 0 aliphatic heterocycles. The highest BCUT2D eigenvalue weighted by molar-refractivity contribution is 4.90. The van der Waals surface area contributed by atoms with Gasteiger partial charge in [-0.2, -0.15) is 0 Å². The predicted octanol–water partition coefficient (Wildman–Crippen LogP) is 4.19. The van der Waals surface area contributed by atoms with Crippen LogP contribution >= 0.6 is 0 Å². The molecule has 0 saturated heterocycles. The minimum atomic E-state index is 0.264. The summed E-state index contributed by atoms with van der Waals surface area (Å²) in [6.45, 7) is 12.4. The van der Waals surface area contributed by atoms with Gasteiger partial charge in [0, 0.05) is 12.1 Å². The van der Waals surface area contributed by atoms with Crippen molar-refractivity contribution in [3.63, 3.8) is 0 Å². The zero-order valence-electron chi connectivity index (χ0n) is 13.3. The standard InChI is InChI=1S/C16H36N2/c1-5-9-12-16(8-4,15-17)18(13-10-6-2)14-11-7-3/h5-15,17H2,1-4H3. The summed E-state index contributed by atoms with van der Waals surface area (Å²) >= 11 is 0. The Morgan fingerprint density at radius 2 is 1.33 bits per heavy atom. The molecule has 0 aromatic rings. The number of hydrogen-bond acceptors (Lipinski definition) is 2. The maximum atomic E-state index is 6.16. The maximum Gasteiger partial charge on any atom is 0.0329 e. The smallest absolute Gasteiger partial charge is 0.0329 e. The molecule has 1 atom stereocenters. The molecule has 110 valence electrons. The van der Waals surface area contributed by atoms with Crippen molar-refractivity contribution in [2.24, 2.45) is 5.73 Å². The van der Waals surface area contributed by atoms with Crippen molar-refractivity contribution in [1.29, 1.82) is 0 Å². The van der Waals surface area contributed by atoms with E-state index in [2.05, 4.69) is 32.6 Å². The number of nitrogens with two attached hydrogens (primary N) is 1. The SMILES string of the molecule is CCCCN(CCCC)C(CC)(CN)CCCC. The lowest BCUT2D eigenvalue weighted by Crippen LogP contribution is -2.54. The molecule has 0 aliphatic carbocycles. The molecule has 18 heavy (non-hydrogen) atoms. The summed E-state index contributed by atoms with van der Waals surface area (Å²) in [6.07, 6.45) is 10.2. The van der Waals surface area contributed by atoms with Crippen molar-refractivity contribution in [3.8, 4) is 0 Å². The Labute approximate surface area is 115 Å². The summed E-state index contributed by atoms with van der Waals surface area (Å²) < 4.78 is 0. The summed E-state index contributed by atoms with van der Waals surface area (Å²) in [6, 6.07) is 0. The van der Waals surface area contributed by atoms with Gasteiger partial charge in [-0.1, -0.05) is 53.4 Å². The molecule has 0 spiro atoms. The molecule has 0 aromatic heterocycles. The quantitative estimate of drug-likeness (QED) is 0.567. The molecule has 2 nitrogen and oxygen atoms in total. The number of nitrogens with zero attached hydrogens (tertiary/aromatic N) is 1. The van der Waals surface area contributed by atoms with E-state index < -0.39 is 0 Å². The van der Waals surface area contributed by atoms with Crippen LogP contribution in [0.2, 0.25) is 0 Å². The molecule has 0 aliphatic rings. The minimum Gasteiger partial charge on any atom is -0.329 e. The Morgan fingerprint density at radius 1 is 0.833 bits per heavy atom. The first-order valence-corrected chi connectivity index (χ1v) is 8.15. The van der Waals surface area contributed by atoms with E-state index in [1.165, 1.54) is 64.5 Å². The summed E-state index contributed by atoms with van der Waals surface area (Å²) in [4.78, 5) is 2.70. The van der Waals surface area contributed by atoms with Crippen molar-refractivity contribution < 1.29 is 0 Å². The Bertz CT molecular complexity index is 168. The van der Waals surface area contributed by atoms with Crippen LogP contribution in [-0.2, 0) is 0 Å². The van der Waals surface area contributed by atoms with E-state index in [1.807, 2.05) is 0 Å².